The Hall–Kier alpha value is -0.980. The summed E-state index contributed by atoms with van der Waals surface area (Å²) in [5.74, 6) is 5.05. The average Bonchev–Trinajstić information content (AvgIpc) is 2.44. The number of nitrogens with two attached hydrogens (primary N) is 1. The van der Waals surface area contributed by atoms with E-state index in [2.05, 4.69) is 38.9 Å². The number of nitrogens with zero attached hydrogens (tertiary/aromatic N) is 2. The standard InChI is InChI=1S/C14H23N3O2/c15-19-12-14-3-1-13(2-4-14)11-17-7-5-16(6-8-17)9-10-18/h1-4,18H,5-12,15H2. The molecule has 1 aromatic rings. The van der Waals surface area contributed by atoms with Crippen LogP contribution in [0.5, 0.6) is 0 Å². The minimum Gasteiger partial charge on any atom is -0.395 e. The van der Waals surface area contributed by atoms with E-state index in [0.29, 0.717) is 6.61 Å². The van der Waals surface area contributed by atoms with Crippen molar-refractivity contribution in [3.63, 3.8) is 0 Å². The fourth-order valence-electron chi connectivity index (χ4n) is 2.41. The topological polar surface area (TPSA) is 62.0 Å². The van der Waals surface area contributed by atoms with Gasteiger partial charge in [-0.25, -0.2) is 5.90 Å². The van der Waals surface area contributed by atoms with Gasteiger partial charge in [0.05, 0.1) is 13.2 Å². The van der Waals surface area contributed by atoms with Crippen LogP contribution in [0.4, 0.5) is 0 Å². The van der Waals surface area contributed by atoms with Crippen LogP contribution >= 0.6 is 0 Å². The number of rotatable bonds is 6. The molecule has 0 saturated carbocycles. The highest BCUT2D eigenvalue weighted by atomic mass is 16.6. The molecule has 1 aliphatic rings. The van der Waals surface area contributed by atoms with E-state index in [1.54, 1.807) is 0 Å². The fourth-order valence-corrected chi connectivity index (χ4v) is 2.41. The summed E-state index contributed by atoms with van der Waals surface area (Å²) in [5.41, 5.74) is 2.41. The molecule has 0 unspecified atom stereocenters. The lowest BCUT2D eigenvalue weighted by Crippen LogP contribution is -2.46. The second-order valence-electron chi connectivity index (χ2n) is 4.97. The number of aliphatic hydroxyl groups excluding tert-OH is 1. The molecule has 106 valence electrons. The van der Waals surface area contributed by atoms with Crippen LogP contribution in [0, 0.1) is 0 Å². The van der Waals surface area contributed by atoms with Crippen LogP contribution in [0.2, 0.25) is 0 Å². The van der Waals surface area contributed by atoms with Crippen LogP contribution in [0.25, 0.3) is 0 Å². The number of hydrogen-bond donors (Lipinski definition) is 2. The van der Waals surface area contributed by atoms with Crippen molar-refractivity contribution >= 4 is 0 Å². The van der Waals surface area contributed by atoms with Gasteiger partial charge in [-0.2, -0.15) is 0 Å². The van der Waals surface area contributed by atoms with Crippen LogP contribution in [0.15, 0.2) is 24.3 Å². The molecule has 2 rings (SSSR count). The highest BCUT2D eigenvalue weighted by molar-refractivity contribution is 5.22. The molecule has 1 heterocycles. The molecular formula is C14H23N3O2. The van der Waals surface area contributed by atoms with Gasteiger partial charge >= 0.3 is 0 Å². The van der Waals surface area contributed by atoms with E-state index in [1.165, 1.54) is 5.56 Å². The zero-order chi connectivity index (χ0) is 13.5. The fraction of sp³-hybridized carbons (Fsp3) is 0.571. The lowest BCUT2D eigenvalue weighted by Gasteiger charge is -2.34. The van der Waals surface area contributed by atoms with Gasteiger partial charge in [0.25, 0.3) is 0 Å². The normalized spacial score (nSPS) is 17.8. The third-order valence-corrected chi connectivity index (χ3v) is 3.56. The third-order valence-electron chi connectivity index (χ3n) is 3.56. The molecule has 1 aromatic carbocycles. The van der Waals surface area contributed by atoms with Gasteiger partial charge in [0, 0.05) is 39.3 Å². The first-order chi connectivity index (χ1) is 9.31. The van der Waals surface area contributed by atoms with Gasteiger partial charge in [0.1, 0.15) is 0 Å². The van der Waals surface area contributed by atoms with Crippen LogP contribution in [0.1, 0.15) is 11.1 Å². The monoisotopic (exact) mass is 265 g/mol. The largest absolute Gasteiger partial charge is 0.395 e. The number of hydrogen-bond acceptors (Lipinski definition) is 5. The van der Waals surface area contributed by atoms with Gasteiger partial charge in [-0.05, 0) is 11.1 Å². The van der Waals surface area contributed by atoms with Gasteiger partial charge in [0.2, 0.25) is 0 Å². The van der Waals surface area contributed by atoms with E-state index < -0.39 is 0 Å². The number of β-amino-alcohol motifs (C(OH)–C–C–N with tert-alkyl or cyclic N) is 1. The van der Waals surface area contributed by atoms with E-state index in [9.17, 15) is 0 Å². The summed E-state index contributed by atoms with van der Waals surface area (Å²) < 4.78 is 0. The Bertz CT molecular complexity index is 361. The van der Waals surface area contributed by atoms with Crippen LogP contribution in [-0.4, -0.2) is 54.2 Å². The van der Waals surface area contributed by atoms with E-state index in [-0.39, 0.29) is 6.61 Å². The molecule has 0 aromatic heterocycles. The maximum Gasteiger partial charge on any atom is 0.0930 e. The van der Waals surface area contributed by atoms with E-state index in [4.69, 9.17) is 11.0 Å². The maximum absolute atomic E-state index is 8.91. The average molecular weight is 265 g/mol. The molecular weight excluding hydrogens is 242 g/mol. The lowest BCUT2D eigenvalue weighted by atomic mass is 10.1. The second kappa shape index (κ2) is 7.57. The van der Waals surface area contributed by atoms with Crippen LogP contribution in [-0.2, 0) is 18.0 Å². The smallest absolute Gasteiger partial charge is 0.0930 e. The molecule has 1 saturated heterocycles. The Morgan fingerprint density at radius 1 is 1.00 bits per heavy atom. The van der Waals surface area contributed by atoms with Crippen molar-refractivity contribution in [2.24, 2.45) is 5.90 Å². The summed E-state index contributed by atoms with van der Waals surface area (Å²) in [6.07, 6.45) is 0. The molecule has 1 fully saturated rings. The molecule has 0 radical (unpaired) electrons. The summed E-state index contributed by atoms with van der Waals surface area (Å²) in [5, 5.41) is 8.91. The Kier molecular flexibility index (Phi) is 5.75. The van der Waals surface area contributed by atoms with Crippen LogP contribution in [0.3, 0.4) is 0 Å². The minimum absolute atomic E-state index is 0.255. The van der Waals surface area contributed by atoms with Crippen molar-refractivity contribution in [3.8, 4) is 0 Å². The van der Waals surface area contributed by atoms with Crippen molar-refractivity contribution < 1.29 is 9.94 Å². The highest BCUT2D eigenvalue weighted by Gasteiger charge is 2.16. The summed E-state index contributed by atoms with van der Waals surface area (Å²) in [6, 6.07) is 8.39. The predicted molar refractivity (Wildman–Crippen MR) is 74.2 cm³/mol. The molecule has 0 bridgehead atoms. The summed E-state index contributed by atoms with van der Waals surface area (Å²) >= 11 is 0. The molecule has 5 heteroatoms. The van der Waals surface area contributed by atoms with Crippen molar-refractivity contribution in [1.82, 2.24) is 9.80 Å². The summed E-state index contributed by atoms with van der Waals surface area (Å²) in [7, 11) is 0. The Labute approximate surface area is 114 Å². The minimum atomic E-state index is 0.255. The first-order valence-electron chi connectivity index (χ1n) is 6.77. The van der Waals surface area contributed by atoms with Crippen molar-refractivity contribution in [2.45, 2.75) is 13.2 Å². The Morgan fingerprint density at radius 2 is 1.58 bits per heavy atom. The summed E-state index contributed by atoms with van der Waals surface area (Å²) in [6.45, 7) is 6.70. The van der Waals surface area contributed by atoms with Gasteiger partial charge in [-0.3, -0.25) is 14.6 Å². The van der Waals surface area contributed by atoms with Crippen molar-refractivity contribution in [2.75, 3.05) is 39.3 Å². The quantitative estimate of drug-likeness (QED) is 0.719. The zero-order valence-electron chi connectivity index (χ0n) is 11.3. The lowest BCUT2D eigenvalue weighted by molar-refractivity contribution is 0.108. The van der Waals surface area contributed by atoms with Crippen molar-refractivity contribution in [3.05, 3.63) is 35.4 Å². The van der Waals surface area contributed by atoms with Crippen LogP contribution < -0.4 is 5.90 Å². The molecule has 0 spiro atoms. The maximum atomic E-state index is 8.91. The predicted octanol–water partition coefficient (Wildman–Crippen LogP) is 0.187. The Morgan fingerprint density at radius 3 is 2.16 bits per heavy atom. The second-order valence-corrected chi connectivity index (χ2v) is 4.97. The number of benzene rings is 1. The first-order valence-corrected chi connectivity index (χ1v) is 6.77. The highest BCUT2D eigenvalue weighted by Crippen LogP contribution is 2.10. The number of aliphatic hydroxyl groups is 1. The van der Waals surface area contributed by atoms with E-state index in [0.717, 1.165) is 44.8 Å². The summed E-state index contributed by atoms with van der Waals surface area (Å²) in [4.78, 5) is 9.37. The van der Waals surface area contributed by atoms with E-state index in [1.807, 2.05) is 0 Å². The molecule has 3 N–H and O–H groups in total. The first kappa shape index (κ1) is 14.4. The van der Waals surface area contributed by atoms with Gasteiger partial charge in [-0.15, -0.1) is 0 Å². The number of piperazine rings is 1. The van der Waals surface area contributed by atoms with Gasteiger partial charge in [0.15, 0.2) is 0 Å². The molecule has 1 aliphatic heterocycles. The molecule has 5 nitrogen and oxygen atoms in total. The van der Waals surface area contributed by atoms with E-state index >= 15 is 0 Å². The van der Waals surface area contributed by atoms with Crippen molar-refractivity contribution in [1.29, 1.82) is 0 Å². The molecule has 0 atom stereocenters. The molecule has 0 amide bonds. The van der Waals surface area contributed by atoms with Gasteiger partial charge in [-0.1, -0.05) is 24.3 Å². The SMILES string of the molecule is NOCc1ccc(CN2CCN(CCO)CC2)cc1. The zero-order valence-corrected chi connectivity index (χ0v) is 11.3. The Balaban J connectivity index is 1.78. The third kappa shape index (κ3) is 4.56. The molecule has 19 heavy (non-hydrogen) atoms. The molecule has 0 aliphatic carbocycles. The van der Waals surface area contributed by atoms with Gasteiger partial charge < -0.3 is 5.11 Å².